The number of amides is 1. The Labute approximate surface area is 108 Å². The predicted octanol–water partition coefficient (Wildman–Crippen LogP) is 0.598. The third-order valence-corrected chi connectivity index (χ3v) is 3.21. The van der Waals surface area contributed by atoms with Crippen molar-refractivity contribution in [2.45, 2.75) is 32.7 Å². The summed E-state index contributed by atoms with van der Waals surface area (Å²) in [6.45, 7) is 4.01. The van der Waals surface area contributed by atoms with Crippen molar-refractivity contribution in [3.63, 3.8) is 0 Å². The minimum absolute atomic E-state index is 0.0869. The molecule has 1 saturated carbocycles. The van der Waals surface area contributed by atoms with E-state index in [-0.39, 0.29) is 5.91 Å². The van der Waals surface area contributed by atoms with Crippen LogP contribution in [0.2, 0.25) is 0 Å². The van der Waals surface area contributed by atoms with Crippen LogP contribution in [0.3, 0.4) is 0 Å². The highest BCUT2D eigenvalue weighted by molar-refractivity contribution is 5.77. The van der Waals surface area contributed by atoms with Gasteiger partial charge in [0.2, 0.25) is 5.91 Å². The van der Waals surface area contributed by atoms with Gasteiger partial charge in [0.15, 0.2) is 0 Å². The highest BCUT2D eigenvalue weighted by atomic mass is 16.1. The van der Waals surface area contributed by atoms with Crippen molar-refractivity contribution >= 4 is 5.91 Å². The van der Waals surface area contributed by atoms with Gasteiger partial charge in [-0.15, -0.1) is 0 Å². The molecule has 100 valence electrons. The molecule has 0 unspecified atom stereocenters. The molecule has 0 radical (unpaired) electrons. The number of carbonyl (C=O) groups excluding carboxylic acids is 1. The Bertz CT molecular complexity index is 409. The molecule has 0 bridgehead atoms. The zero-order valence-electron chi connectivity index (χ0n) is 11.2. The molecule has 0 aliphatic heterocycles. The molecular weight excluding hydrogens is 228 g/mol. The van der Waals surface area contributed by atoms with Gasteiger partial charge in [0.1, 0.15) is 0 Å². The lowest BCUT2D eigenvalue weighted by atomic mass is 10.2. The summed E-state index contributed by atoms with van der Waals surface area (Å²) >= 11 is 0. The smallest absolute Gasteiger partial charge is 0.233 e. The van der Waals surface area contributed by atoms with Crippen LogP contribution in [0.4, 0.5) is 0 Å². The average Bonchev–Trinajstić information content (AvgIpc) is 3.10. The fourth-order valence-corrected chi connectivity index (χ4v) is 1.98. The van der Waals surface area contributed by atoms with Gasteiger partial charge in [0.25, 0.3) is 0 Å². The fourth-order valence-electron chi connectivity index (χ4n) is 1.98. The van der Waals surface area contributed by atoms with Crippen molar-refractivity contribution in [2.75, 3.05) is 13.1 Å². The van der Waals surface area contributed by atoms with E-state index in [0.717, 1.165) is 24.6 Å². The third kappa shape index (κ3) is 3.84. The van der Waals surface area contributed by atoms with E-state index in [1.165, 1.54) is 18.4 Å². The number of nitrogens with one attached hydrogen (secondary N) is 2. The second-order valence-corrected chi connectivity index (χ2v) is 4.98. The summed E-state index contributed by atoms with van der Waals surface area (Å²) in [5, 5.41) is 10.5. The number of hydrogen-bond acceptors (Lipinski definition) is 3. The lowest BCUT2D eigenvalue weighted by Gasteiger charge is -2.05. The lowest BCUT2D eigenvalue weighted by Crippen LogP contribution is -2.34. The Hall–Kier alpha value is -1.36. The quantitative estimate of drug-likeness (QED) is 0.745. The van der Waals surface area contributed by atoms with E-state index in [0.29, 0.717) is 13.1 Å². The van der Waals surface area contributed by atoms with Crippen LogP contribution in [0.25, 0.3) is 0 Å². The topological polar surface area (TPSA) is 59.0 Å². The molecule has 1 aliphatic carbocycles. The van der Waals surface area contributed by atoms with E-state index < -0.39 is 0 Å². The fraction of sp³-hybridized carbons (Fsp3) is 0.692. The standard InChI is InChI=1S/C13H22N4O/c1-3-12-11(9-17(2)16-12)7-14-8-13(18)15-6-10-4-5-10/h9-10,14H,3-8H2,1-2H3,(H,15,18). The lowest BCUT2D eigenvalue weighted by molar-refractivity contribution is -0.120. The predicted molar refractivity (Wildman–Crippen MR) is 70.0 cm³/mol. The van der Waals surface area contributed by atoms with Crippen LogP contribution in [-0.4, -0.2) is 28.8 Å². The van der Waals surface area contributed by atoms with Gasteiger partial charge in [-0.1, -0.05) is 6.92 Å². The Kier molecular flexibility index (Phi) is 4.36. The molecule has 0 aromatic carbocycles. The van der Waals surface area contributed by atoms with E-state index in [1.807, 2.05) is 17.9 Å². The van der Waals surface area contributed by atoms with Gasteiger partial charge in [0, 0.05) is 31.9 Å². The van der Waals surface area contributed by atoms with Gasteiger partial charge in [-0.25, -0.2) is 0 Å². The molecule has 18 heavy (non-hydrogen) atoms. The van der Waals surface area contributed by atoms with E-state index in [1.54, 1.807) is 0 Å². The van der Waals surface area contributed by atoms with E-state index >= 15 is 0 Å². The van der Waals surface area contributed by atoms with Crippen LogP contribution in [0.5, 0.6) is 0 Å². The Morgan fingerprint density at radius 1 is 1.56 bits per heavy atom. The van der Waals surface area contributed by atoms with Crippen LogP contribution < -0.4 is 10.6 Å². The monoisotopic (exact) mass is 250 g/mol. The number of aromatic nitrogens is 2. The van der Waals surface area contributed by atoms with Gasteiger partial charge < -0.3 is 10.6 Å². The molecular formula is C13H22N4O. The maximum Gasteiger partial charge on any atom is 0.233 e. The minimum atomic E-state index is 0.0869. The first-order valence-electron chi connectivity index (χ1n) is 6.67. The van der Waals surface area contributed by atoms with Crippen molar-refractivity contribution in [3.8, 4) is 0 Å². The second-order valence-electron chi connectivity index (χ2n) is 4.98. The van der Waals surface area contributed by atoms with Crippen LogP contribution in [0.15, 0.2) is 6.20 Å². The highest BCUT2D eigenvalue weighted by Gasteiger charge is 2.21. The SMILES string of the molecule is CCc1nn(C)cc1CNCC(=O)NCC1CC1. The number of rotatable bonds is 7. The molecule has 1 aromatic heterocycles. The molecule has 0 spiro atoms. The molecule has 1 fully saturated rings. The molecule has 1 amide bonds. The maximum absolute atomic E-state index is 11.5. The molecule has 2 N–H and O–H groups in total. The molecule has 1 heterocycles. The first kappa shape index (κ1) is 13.1. The van der Waals surface area contributed by atoms with E-state index in [2.05, 4.69) is 22.7 Å². The first-order chi connectivity index (χ1) is 8.69. The van der Waals surface area contributed by atoms with Crippen molar-refractivity contribution in [1.29, 1.82) is 0 Å². The van der Waals surface area contributed by atoms with Gasteiger partial charge in [-0.3, -0.25) is 9.48 Å². The molecule has 0 atom stereocenters. The van der Waals surface area contributed by atoms with Crippen molar-refractivity contribution in [3.05, 3.63) is 17.5 Å². The van der Waals surface area contributed by atoms with Gasteiger partial charge in [-0.05, 0) is 25.2 Å². The van der Waals surface area contributed by atoms with Crippen molar-refractivity contribution in [2.24, 2.45) is 13.0 Å². The average molecular weight is 250 g/mol. The Morgan fingerprint density at radius 2 is 2.33 bits per heavy atom. The van der Waals surface area contributed by atoms with E-state index in [4.69, 9.17) is 0 Å². The Balaban J connectivity index is 1.68. The Morgan fingerprint density at radius 3 is 3.00 bits per heavy atom. The van der Waals surface area contributed by atoms with Gasteiger partial charge >= 0.3 is 0 Å². The van der Waals surface area contributed by atoms with Crippen LogP contribution in [0.1, 0.15) is 31.0 Å². The minimum Gasteiger partial charge on any atom is -0.355 e. The number of nitrogens with zero attached hydrogens (tertiary/aromatic N) is 2. The number of aryl methyl sites for hydroxylation is 2. The van der Waals surface area contributed by atoms with Gasteiger partial charge in [0.05, 0.1) is 12.2 Å². The third-order valence-electron chi connectivity index (χ3n) is 3.21. The number of carbonyl (C=O) groups is 1. The normalized spacial score (nSPS) is 14.8. The van der Waals surface area contributed by atoms with Crippen molar-refractivity contribution in [1.82, 2.24) is 20.4 Å². The first-order valence-corrected chi connectivity index (χ1v) is 6.67. The molecule has 5 nitrogen and oxygen atoms in total. The molecule has 1 aliphatic rings. The summed E-state index contributed by atoms with van der Waals surface area (Å²) in [4.78, 5) is 11.5. The summed E-state index contributed by atoms with van der Waals surface area (Å²) in [6.07, 6.45) is 5.46. The number of hydrogen-bond donors (Lipinski definition) is 2. The van der Waals surface area contributed by atoms with Crippen LogP contribution in [0, 0.1) is 5.92 Å². The molecule has 1 aromatic rings. The molecule has 0 saturated heterocycles. The van der Waals surface area contributed by atoms with Crippen LogP contribution >= 0.6 is 0 Å². The van der Waals surface area contributed by atoms with Gasteiger partial charge in [-0.2, -0.15) is 5.10 Å². The zero-order chi connectivity index (χ0) is 13.0. The summed E-state index contributed by atoms with van der Waals surface area (Å²) in [5.74, 6) is 0.822. The zero-order valence-corrected chi connectivity index (χ0v) is 11.2. The summed E-state index contributed by atoms with van der Waals surface area (Å²) < 4.78 is 1.82. The highest BCUT2D eigenvalue weighted by Crippen LogP contribution is 2.27. The summed E-state index contributed by atoms with van der Waals surface area (Å²) in [6, 6.07) is 0. The summed E-state index contributed by atoms with van der Waals surface area (Å²) in [5.41, 5.74) is 2.28. The van der Waals surface area contributed by atoms with Crippen molar-refractivity contribution < 1.29 is 4.79 Å². The van der Waals surface area contributed by atoms with E-state index in [9.17, 15) is 4.79 Å². The van der Waals surface area contributed by atoms with Crippen LogP contribution in [-0.2, 0) is 24.8 Å². The molecule has 2 rings (SSSR count). The molecule has 5 heteroatoms. The second kappa shape index (κ2) is 6.00. The maximum atomic E-state index is 11.5. The largest absolute Gasteiger partial charge is 0.355 e. The summed E-state index contributed by atoms with van der Waals surface area (Å²) in [7, 11) is 1.92.